The highest BCUT2D eigenvalue weighted by Crippen LogP contribution is 2.85. The minimum Gasteiger partial charge on any atom is -0.461 e. The summed E-state index contributed by atoms with van der Waals surface area (Å²) in [5.41, 5.74) is -4.41. The number of rotatable bonds is 1. The van der Waals surface area contributed by atoms with Crippen LogP contribution >= 0.6 is 0 Å². The molecule has 10 aliphatic rings. The Morgan fingerprint density at radius 1 is 0.815 bits per heavy atom. The average molecular weight is 749 g/mol. The standard InChI is InChI=1S/C40H44O14/c1-16-8-28(43)52-15-38(48)23-9-20(23)35(3)24(38)11-19-18(14-51-27(42)7-6-26(41)50-13-16)33(45)53-39(19)25(35)12-37(47)22-10-21(22)36(4)31(37)30(39)29-17(2)32(44)54-40(29,49-5)34(36)46/h8,20-25,34,46-48H,6-7,9-15H2,1-5H3/b16-8+/t20-,21-,22+,23+,24-,25+,34-,35+,36+,37+,38+,39-,40-/m1/s1. The molecular formula is C40H44O14. The number of aliphatic hydroxyl groups is 3. The predicted octanol–water partition coefficient (Wildman–Crippen LogP) is 1.65. The van der Waals surface area contributed by atoms with Gasteiger partial charge in [-0.25, -0.2) is 14.4 Å². The first-order valence-corrected chi connectivity index (χ1v) is 18.9. The van der Waals surface area contributed by atoms with Crippen molar-refractivity contribution in [2.24, 2.45) is 46.3 Å². The van der Waals surface area contributed by atoms with Crippen LogP contribution in [0.5, 0.6) is 0 Å². The highest BCUT2D eigenvalue weighted by molar-refractivity contribution is 5.98. The van der Waals surface area contributed by atoms with Crippen LogP contribution in [-0.4, -0.2) is 101 Å². The lowest BCUT2D eigenvalue weighted by Gasteiger charge is -2.64. The molecule has 0 unspecified atom stereocenters. The van der Waals surface area contributed by atoms with Crippen molar-refractivity contribution in [3.63, 3.8) is 0 Å². The predicted molar refractivity (Wildman–Crippen MR) is 179 cm³/mol. The monoisotopic (exact) mass is 748 g/mol. The largest absolute Gasteiger partial charge is 0.461 e. The summed E-state index contributed by atoms with van der Waals surface area (Å²) in [6.45, 7) is 6.06. The van der Waals surface area contributed by atoms with Gasteiger partial charge in [0.05, 0.1) is 24.0 Å². The molecule has 0 saturated heterocycles. The van der Waals surface area contributed by atoms with E-state index in [4.69, 9.17) is 28.4 Å². The highest BCUT2D eigenvalue weighted by Gasteiger charge is 2.87. The molecule has 0 radical (unpaired) electrons. The first-order chi connectivity index (χ1) is 25.4. The summed E-state index contributed by atoms with van der Waals surface area (Å²) in [6, 6.07) is 0. The molecule has 7 aliphatic carbocycles. The Labute approximate surface area is 310 Å². The zero-order valence-electron chi connectivity index (χ0n) is 30.8. The van der Waals surface area contributed by atoms with Gasteiger partial charge < -0.3 is 43.7 Å². The van der Waals surface area contributed by atoms with E-state index in [9.17, 15) is 39.3 Å². The molecule has 0 amide bonds. The number of fused-ring (bicyclic) bond motifs is 9. The Morgan fingerprint density at radius 3 is 2.20 bits per heavy atom. The normalized spacial score (nSPS) is 50.9. The minimum absolute atomic E-state index is 0.0543. The van der Waals surface area contributed by atoms with Gasteiger partial charge in [0.2, 0.25) is 0 Å². The smallest absolute Gasteiger partial charge is 0.338 e. The number of cyclic esters (lactones) is 3. The molecule has 13 atom stereocenters. The van der Waals surface area contributed by atoms with Crippen LogP contribution in [0.25, 0.3) is 0 Å². The van der Waals surface area contributed by atoms with Gasteiger partial charge in [-0.3, -0.25) is 9.59 Å². The van der Waals surface area contributed by atoms with Crippen molar-refractivity contribution in [2.45, 2.75) is 94.9 Å². The maximum absolute atomic E-state index is 14.5. The molecule has 1 spiro atoms. The fourth-order valence-electron chi connectivity index (χ4n) is 13.4. The summed E-state index contributed by atoms with van der Waals surface area (Å²) >= 11 is 0. The Balaban J connectivity index is 1.22. The molecule has 14 nitrogen and oxygen atoms in total. The minimum atomic E-state index is -1.97. The van der Waals surface area contributed by atoms with Crippen molar-refractivity contribution >= 4 is 29.8 Å². The highest BCUT2D eigenvalue weighted by atomic mass is 16.7. The van der Waals surface area contributed by atoms with Crippen LogP contribution in [0.15, 0.2) is 45.1 Å². The molecule has 54 heavy (non-hydrogen) atoms. The molecule has 14 heteroatoms. The number of ether oxygens (including phenoxy) is 6. The molecule has 0 aromatic carbocycles. The number of carbonyl (C=O) groups excluding carboxylic acids is 5. The van der Waals surface area contributed by atoms with Crippen molar-refractivity contribution < 1.29 is 67.7 Å². The maximum Gasteiger partial charge on any atom is 0.338 e. The molecule has 3 heterocycles. The number of aliphatic hydroxyl groups excluding tert-OH is 1. The Morgan fingerprint density at radius 2 is 1.50 bits per heavy atom. The third kappa shape index (κ3) is 3.74. The molecule has 0 aromatic rings. The molecule has 288 valence electrons. The Hall–Kier alpha value is -3.85. The van der Waals surface area contributed by atoms with E-state index in [1.807, 2.05) is 6.92 Å². The lowest BCUT2D eigenvalue weighted by molar-refractivity contribution is -0.256. The Kier molecular flexibility index (Phi) is 6.61. The van der Waals surface area contributed by atoms with Gasteiger partial charge in [0.15, 0.2) is 5.60 Å². The fraction of sp³-hybridized carbons (Fsp3) is 0.675. The summed E-state index contributed by atoms with van der Waals surface area (Å²) in [5.74, 6) is -7.68. The number of carbonyl (C=O) groups is 5. The first kappa shape index (κ1) is 34.6. The molecule has 5 fully saturated rings. The SMILES string of the molecule is CO[C@@]12OC(=O)C(C)=C1C1=C3[C@](C)([C@@H]4C[C@@H]4[C@@]3(O)C[C@@H]3[C@@]14OC(=O)C1=C4C[C@H]4[C@](O)(COC(=O)/C=C(\C)COC(=O)CCC(=O)OC1)[C@H]1C[C@H]1[C@]34C)[C@H]2O. The number of hydrogen-bond acceptors (Lipinski definition) is 14. The first-order valence-electron chi connectivity index (χ1n) is 18.9. The third-order valence-electron chi connectivity index (χ3n) is 15.8. The summed E-state index contributed by atoms with van der Waals surface area (Å²) < 4.78 is 35.4. The quantitative estimate of drug-likeness (QED) is 0.258. The van der Waals surface area contributed by atoms with E-state index in [0.29, 0.717) is 35.1 Å². The average Bonchev–Trinajstić information content (AvgIpc) is 4.04. The van der Waals surface area contributed by atoms with E-state index < -0.39 is 87.8 Å². The van der Waals surface area contributed by atoms with Gasteiger partial charge in [0.25, 0.3) is 5.79 Å². The van der Waals surface area contributed by atoms with Crippen LogP contribution in [-0.2, 0) is 52.4 Å². The zero-order valence-corrected chi connectivity index (χ0v) is 30.8. The molecule has 10 rings (SSSR count). The van der Waals surface area contributed by atoms with Crippen LogP contribution in [0.3, 0.4) is 0 Å². The van der Waals surface area contributed by atoms with E-state index in [0.717, 1.165) is 0 Å². The van der Waals surface area contributed by atoms with Gasteiger partial charge in [-0.05, 0) is 85.3 Å². The van der Waals surface area contributed by atoms with Crippen LogP contribution in [0.1, 0.15) is 66.2 Å². The van der Waals surface area contributed by atoms with Crippen LogP contribution in [0, 0.1) is 46.3 Å². The zero-order chi connectivity index (χ0) is 38.3. The topological polar surface area (TPSA) is 201 Å². The van der Waals surface area contributed by atoms with E-state index in [1.54, 1.807) is 13.8 Å². The van der Waals surface area contributed by atoms with Crippen LogP contribution in [0.2, 0.25) is 0 Å². The fourth-order valence-corrected chi connectivity index (χ4v) is 13.4. The second kappa shape index (κ2) is 10.3. The summed E-state index contributed by atoms with van der Waals surface area (Å²) in [5, 5.41) is 38.3. The van der Waals surface area contributed by atoms with Gasteiger partial charge in [0.1, 0.15) is 31.5 Å². The van der Waals surface area contributed by atoms with Crippen molar-refractivity contribution in [1.29, 1.82) is 0 Å². The lowest BCUT2D eigenvalue weighted by Crippen LogP contribution is -2.69. The summed E-state index contributed by atoms with van der Waals surface area (Å²) in [4.78, 5) is 66.7. The van der Waals surface area contributed by atoms with Crippen molar-refractivity contribution in [3.8, 4) is 0 Å². The number of methoxy groups -OCH3 is 1. The molecule has 5 saturated carbocycles. The lowest BCUT2D eigenvalue weighted by atomic mass is 9.42. The van der Waals surface area contributed by atoms with E-state index in [-0.39, 0.29) is 79.3 Å². The van der Waals surface area contributed by atoms with Gasteiger partial charge in [-0.1, -0.05) is 13.8 Å². The van der Waals surface area contributed by atoms with E-state index in [1.165, 1.54) is 13.2 Å². The van der Waals surface area contributed by atoms with Gasteiger partial charge in [-0.15, -0.1) is 0 Å². The summed E-state index contributed by atoms with van der Waals surface area (Å²) in [7, 11) is 1.35. The third-order valence-corrected chi connectivity index (χ3v) is 15.8. The number of esters is 5. The second-order valence-corrected chi connectivity index (χ2v) is 17.9. The molecule has 0 aromatic heterocycles. The Bertz CT molecular complexity index is 2040. The number of hydrogen-bond donors (Lipinski definition) is 3. The van der Waals surface area contributed by atoms with E-state index in [2.05, 4.69) is 6.92 Å². The van der Waals surface area contributed by atoms with Crippen LogP contribution in [0.4, 0.5) is 0 Å². The van der Waals surface area contributed by atoms with E-state index >= 15 is 0 Å². The second-order valence-electron chi connectivity index (χ2n) is 17.9. The van der Waals surface area contributed by atoms with Gasteiger partial charge in [-0.2, -0.15) is 0 Å². The summed E-state index contributed by atoms with van der Waals surface area (Å²) in [6.07, 6.45) is 0.616. The maximum atomic E-state index is 14.5. The van der Waals surface area contributed by atoms with Crippen LogP contribution < -0.4 is 0 Å². The molecule has 3 aliphatic heterocycles. The molecule has 3 N–H and O–H groups in total. The van der Waals surface area contributed by atoms with Crippen molar-refractivity contribution in [1.82, 2.24) is 0 Å². The van der Waals surface area contributed by atoms with Gasteiger partial charge in [0, 0.05) is 47.2 Å². The van der Waals surface area contributed by atoms with Crippen molar-refractivity contribution in [3.05, 3.63) is 45.1 Å². The molecule has 2 bridgehead atoms. The van der Waals surface area contributed by atoms with Gasteiger partial charge >= 0.3 is 29.8 Å². The molecular weight excluding hydrogens is 704 g/mol. The van der Waals surface area contributed by atoms with Crippen molar-refractivity contribution in [2.75, 3.05) is 26.9 Å².